The third-order valence-electron chi connectivity index (χ3n) is 2.67. The average Bonchev–Trinajstić information content (AvgIpc) is 2.50. The summed E-state index contributed by atoms with van der Waals surface area (Å²) in [5, 5.41) is 3.19. The molecule has 4 N–H and O–H groups in total. The van der Waals surface area contributed by atoms with Gasteiger partial charge in [0.2, 0.25) is 5.96 Å². The van der Waals surface area contributed by atoms with E-state index >= 15 is 0 Å². The molecule has 0 saturated heterocycles. The van der Waals surface area contributed by atoms with Gasteiger partial charge in [-0.05, 0) is 32.6 Å². The van der Waals surface area contributed by atoms with E-state index in [1.165, 1.54) is 19.3 Å². The second-order valence-electron chi connectivity index (χ2n) is 4.40. The zero-order valence-corrected chi connectivity index (χ0v) is 9.38. The highest BCUT2D eigenvalue weighted by molar-refractivity contribution is 5.79. The average molecular weight is 198 g/mol. The molecule has 1 rings (SSSR count). The standard InChI is InChI=1S/C10H22N4/c1-7(2)12-10(14-11)13-9-6-4-5-8(9)3/h7-9H,4-6,11H2,1-3H3,(H2,12,13,14). The maximum absolute atomic E-state index is 5.40. The van der Waals surface area contributed by atoms with Crippen LogP contribution < -0.4 is 16.6 Å². The van der Waals surface area contributed by atoms with Gasteiger partial charge in [-0.3, -0.25) is 5.43 Å². The van der Waals surface area contributed by atoms with Crippen LogP contribution in [0.25, 0.3) is 0 Å². The molecule has 4 nitrogen and oxygen atoms in total. The van der Waals surface area contributed by atoms with Gasteiger partial charge >= 0.3 is 0 Å². The van der Waals surface area contributed by atoms with Gasteiger partial charge in [0.05, 0.1) is 6.04 Å². The number of hydrogen-bond donors (Lipinski definition) is 3. The van der Waals surface area contributed by atoms with E-state index < -0.39 is 0 Å². The van der Waals surface area contributed by atoms with Crippen molar-refractivity contribution in [2.24, 2.45) is 16.8 Å². The number of guanidine groups is 1. The number of aliphatic imine (C=N–C) groups is 1. The normalized spacial score (nSPS) is 28.2. The largest absolute Gasteiger partial charge is 0.353 e. The lowest BCUT2D eigenvalue weighted by atomic mass is 10.1. The first-order valence-electron chi connectivity index (χ1n) is 5.44. The first kappa shape index (κ1) is 11.3. The summed E-state index contributed by atoms with van der Waals surface area (Å²) < 4.78 is 0. The van der Waals surface area contributed by atoms with Crippen molar-refractivity contribution in [1.82, 2.24) is 10.7 Å². The molecule has 0 aromatic carbocycles. The molecule has 2 unspecified atom stereocenters. The summed E-state index contributed by atoms with van der Waals surface area (Å²) in [7, 11) is 0. The zero-order chi connectivity index (χ0) is 10.6. The third kappa shape index (κ3) is 3.18. The van der Waals surface area contributed by atoms with Crippen LogP contribution in [0.5, 0.6) is 0 Å². The molecule has 2 atom stereocenters. The molecule has 0 bridgehead atoms. The first-order chi connectivity index (χ1) is 6.63. The van der Waals surface area contributed by atoms with Crippen molar-refractivity contribution in [1.29, 1.82) is 0 Å². The molecule has 0 heterocycles. The minimum absolute atomic E-state index is 0.363. The number of nitrogens with zero attached hydrogens (tertiary/aromatic N) is 1. The van der Waals surface area contributed by atoms with Gasteiger partial charge in [-0.1, -0.05) is 13.3 Å². The predicted molar refractivity (Wildman–Crippen MR) is 59.8 cm³/mol. The van der Waals surface area contributed by atoms with Crippen LogP contribution in [0.4, 0.5) is 0 Å². The van der Waals surface area contributed by atoms with Crippen molar-refractivity contribution in [3.05, 3.63) is 0 Å². The summed E-state index contributed by atoms with van der Waals surface area (Å²) in [4.78, 5) is 4.58. The molecule has 0 radical (unpaired) electrons. The van der Waals surface area contributed by atoms with E-state index in [2.05, 4.69) is 36.5 Å². The summed E-state index contributed by atoms with van der Waals surface area (Å²) in [5.41, 5.74) is 2.62. The molecule has 0 amide bonds. The van der Waals surface area contributed by atoms with Crippen molar-refractivity contribution in [2.45, 2.75) is 52.1 Å². The highest BCUT2D eigenvalue weighted by atomic mass is 15.3. The highest BCUT2D eigenvalue weighted by Gasteiger charge is 2.23. The van der Waals surface area contributed by atoms with Gasteiger partial charge in [0.25, 0.3) is 0 Å². The van der Waals surface area contributed by atoms with E-state index in [-0.39, 0.29) is 0 Å². The Morgan fingerprint density at radius 3 is 2.57 bits per heavy atom. The zero-order valence-electron chi connectivity index (χ0n) is 9.38. The summed E-state index contributed by atoms with van der Waals surface area (Å²) in [6.45, 7) is 6.40. The Bertz CT molecular complexity index is 200. The molecular weight excluding hydrogens is 176 g/mol. The van der Waals surface area contributed by atoms with Crippen LogP contribution in [-0.4, -0.2) is 18.0 Å². The molecule has 0 aromatic heterocycles. The number of nitrogens with two attached hydrogens (primary N) is 1. The molecule has 1 fully saturated rings. The Labute approximate surface area is 86.3 Å². The molecule has 1 saturated carbocycles. The minimum atomic E-state index is 0.363. The van der Waals surface area contributed by atoms with Crippen molar-refractivity contribution >= 4 is 5.96 Å². The second-order valence-corrected chi connectivity index (χ2v) is 4.40. The van der Waals surface area contributed by atoms with E-state index in [0.29, 0.717) is 18.0 Å². The molecule has 4 heteroatoms. The maximum atomic E-state index is 5.40. The predicted octanol–water partition coefficient (Wildman–Crippen LogP) is 0.992. The Balaban J connectivity index is 2.53. The molecule has 1 aliphatic rings. The van der Waals surface area contributed by atoms with Crippen LogP contribution in [-0.2, 0) is 0 Å². The van der Waals surface area contributed by atoms with Gasteiger partial charge in [0, 0.05) is 6.04 Å². The molecule has 0 aliphatic heterocycles. The second kappa shape index (κ2) is 5.20. The van der Waals surface area contributed by atoms with Crippen LogP contribution in [0.2, 0.25) is 0 Å². The lowest BCUT2D eigenvalue weighted by Gasteiger charge is -2.16. The van der Waals surface area contributed by atoms with E-state index in [1.54, 1.807) is 0 Å². The molecular formula is C10H22N4. The van der Waals surface area contributed by atoms with Crippen molar-refractivity contribution in [2.75, 3.05) is 0 Å². The van der Waals surface area contributed by atoms with Gasteiger partial charge in [0.1, 0.15) is 0 Å². The van der Waals surface area contributed by atoms with Gasteiger partial charge in [0.15, 0.2) is 0 Å². The first-order valence-corrected chi connectivity index (χ1v) is 5.44. The number of nitrogens with one attached hydrogen (secondary N) is 2. The van der Waals surface area contributed by atoms with E-state index in [1.807, 2.05) is 0 Å². The lowest BCUT2D eigenvalue weighted by molar-refractivity contribution is 0.523. The van der Waals surface area contributed by atoms with Gasteiger partial charge in [-0.25, -0.2) is 10.8 Å². The summed E-state index contributed by atoms with van der Waals surface area (Å²) >= 11 is 0. The molecule has 1 aliphatic carbocycles. The van der Waals surface area contributed by atoms with E-state index in [9.17, 15) is 0 Å². The van der Waals surface area contributed by atoms with Crippen LogP contribution in [0.3, 0.4) is 0 Å². The summed E-state index contributed by atoms with van der Waals surface area (Å²) in [6.07, 6.45) is 3.76. The molecule has 14 heavy (non-hydrogen) atoms. The summed E-state index contributed by atoms with van der Waals surface area (Å²) in [6, 6.07) is 0.800. The van der Waals surface area contributed by atoms with Crippen molar-refractivity contribution in [3.63, 3.8) is 0 Å². The quantitative estimate of drug-likeness (QED) is 0.268. The molecule has 82 valence electrons. The van der Waals surface area contributed by atoms with Crippen LogP contribution in [0, 0.1) is 5.92 Å². The Morgan fingerprint density at radius 2 is 2.14 bits per heavy atom. The van der Waals surface area contributed by atoms with Crippen molar-refractivity contribution < 1.29 is 0 Å². The number of hydrazine groups is 1. The third-order valence-corrected chi connectivity index (χ3v) is 2.67. The Kier molecular flexibility index (Phi) is 4.20. The van der Waals surface area contributed by atoms with Gasteiger partial charge in [-0.2, -0.15) is 0 Å². The van der Waals surface area contributed by atoms with E-state index in [0.717, 1.165) is 5.96 Å². The fraction of sp³-hybridized carbons (Fsp3) is 0.900. The maximum Gasteiger partial charge on any atom is 0.206 e. The Morgan fingerprint density at radius 1 is 1.43 bits per heavy atom. The van der Waals surface area contributed by atoms with Crippen LogP contribution in [0.15, 0.2) is 4.99 Å². The Hall–Kier alpha value is -0.770. The smallest absolute Gasteiger partial charge is 0.206 e. The SMILES string of the molecule is CC(C)NC(=NC1CCCC1C)NN. The van der Waals surface area contributed by atoms with Gasteiger partial charge in [-0.15, -0.1) is 0 Å². The molecule has 0 spiro atoms. The van der Waals surface area contributed by atoms with Gasteiger partial charge < -0.3 is 5.32 Å². The topological polar surface area (TPSA) is 62.4 Å². The molecule has 0 aromatic rings. The summed E-state index contributed by atoms with van der Waals surface area (Å²) in [5.74, 6) is 6.81. The fourth-order valence-corrected chi connectivity index (χ4v) is 1.87. The minimum Gasteiger partial charge on any atom is -0.353 e. The lowest BCUT2D eigenvalue weighted by Crippen LogP contribution is -2.45. The number of rotatable bonds is 2. The highest BCUT2D eigenvalue weighted by Crippen LogP contribution is 2.27. The van der Waals surface area contributed by atoms with E-state index in [4.69, 9.17) is 5.84 Å². The van der Waals surface area contributed by atoms with Crippen LogP contribution in [0.1, 0.15) is 40.0 Å². The van der Waals surface area contributed by atoms with Crippen LogP contribution >= 0.6 is 0 Å². The monoisotopic (exact) mass is 198 g/mol. The number of hydrogen-bond acceptors (Lipinski definition) is 2. The fourth-order valence-electron chi connectivity index (χ4n) is 1.87. The van der Waals surface area contributed by atoms with Crippen molar-refractivity contribution in [3.8, 4) is 0 Å².